The van der Waals surface area contributed by atoms with E-state index < -0.39 is 0 Å². The van der Waals surface area contributed by atoms with Gasteiger partial charge in [0.25, 0.3) is 0 Å². The van der Waals surface area contributed by atoms with E-state index in [1.165, 1.54) is 75.1 Å². The lowest BCUT2D eigenvalue weighted by molar-refractivity contribution is 1.30. The molecule has 10 aromatic rings. The highest BCUT2D eigenvalue weighted by molar-refractivity contribution is 7.25. The molecule has 0 aliphatic rings. The summed E-state index contributed by atoms with van der Waals surface area (Å²) in [6.45, 7) is 0. The maximum absolute atomic E-state index is 2.45. The molecule has 0 amide bonds. The Hall–Kier alpha value is -6.48. The van der Waals surface area contributed by atoms with Crippen molar-refractivity contribution >= 4 is 70.1 Å². The number of anilines is 3. The Morgan fingerprint density at radius 1 is 0.327 bits per heavy atom. The lowest BCUT2D eigenvalue weighted by atomic mass is 9.93. The van der Waals surface area contributed by atoms with E-state index in [-0.39, 0.29) is 0 Å². The zero-order chi connectivity index (χ0) is 34.4. The number of fused-ring (bicyclic) bond motifs is 5. The van der Waals surface area contributed by atoms with Crippen LogP contribution >= 0.6 is 11.3 Å². The largest absolute Gasteiger partial charge is 0.309 e. The molecule has 1 heterocycles. The van der Waals surface area contributed by atoms with E-state index in [0.29, 0.717) is 0 Å². The van der Waals surface area contributed by atoms with E-state index in [1.54, 1.807) is 0 Å². The van der Waals surface area contributed by atoms with Gasteiger partial charge in [-0.25, -0.2) is 0 Å². The lowest BCUT2D eigenvalue weighted by Gasteiger charge is -2.29. The summed E-state index contributed by atoms with van der Waals surface area (Å²) in [4.78, 5) is 2.45. The predicted molar refractivity (Wildman–Crippen MR) is 225 cm³/mol. The van der Waals surface area contributed by atoms with Gasteiger partial charge >= 0.3 is 0 Å². The zero-order valence-corrected chi connectivity index (χ0v) is 29.2. The van der Waals surface area contributed by atoms with Crippen LogP contribution in [0.5, 0.6) is 0 Å². The molecular weight excluding hydrogens is 647 g/mol. The van der Waals surface area contributed by atoms with Gasteiger partial charge in [-0.05, 0) is 86.4 Å². The summed E-state index contributed by atoms with van der Waals surface area (Å²) in [5, 5.41) is 7.57. The first-order valence-electron chi connectivity index (χ1n) is 17.8. The van der Waals surface area contributed by atoms with E-state index in [4.69, 9.17) is 0 Å². The Morgan fingerprint density at radius 3 is 1.73 bits per heavy atom. The van der Waals surface area contributed by atoms with Crippen LogP contribution < -0.4 is 4.90 Å². The van der Waals surface area contributed by atoms with Crippen molar-refractivity contribution in [1.29, 1.82) is 0 Å². The van der Waals surface area contributed by atoms with Crippen molar-refractivity contribution in [2.24, 2.45) is 0 Å². The molecule has 1 aromatic heterocycles. The second-order valence-electron chi connectivity index (χ2n) is 13.3. The van der Waals surface area contributed by atoms with Crippen LogP contribution in [0.1, 0.15) is 0 Å². The Kier molecular flexibility index (Phi) is 7.41. The quantitative estimate of drug-likeness (QED) is 0.169. The summed E-state index contributed by atoms with van der Waals surface area (Å²) in [5.41, 5.74) is 10.7. The molecule has 10 rings (SSSR count). The number of benzene rings is 9. The third-order valence-electron chi connectivity index (χ3n) is 10.3. The molecule has 0 saturated heterocycles. The lowest BCUT2D eigenvalue weighted by Crippen LogP contribution is -2.12. The average Bonchev–Trinajstić information content (AvgIpc) is 3.61. The minimum absolute atomic E-state index is 1.11. The molecule has 0 spiro atoms. The molecule has 1 nitrogen and oxygen atoms in total. The summed E-state index contributed by atoms with van der Waals surface area (Å²) in [6, 6.07) is 73.0. The van der Waals surface area contributed by atoms with Crippen LogP contribution in [-0.4, -0.2) is 0 Å². The van der Waals surface area contributed by atoms with Gasteiger partial charge in [0, 0.05) is 36.8 Å². The highest BCUT2D eigenvalue weighted by atomic mass is 32.1. The molecule has 52 heavy (non-hydrogen) atoms. The van der Waals surface area contributed by atoms with E-state index in [1.807, 2.05) is 11.3 Å². The van der Waals surface area contributed by atoms with Gasteiger partial charge in [-0.3, -0.25) is 0 Å². The van der Waals surface area contributed by atoms with Crippen LogP contribution in [0.2, 0.25) is 0 Å². The van der Waals surface area contributed by atoms with Gasteiger partial charge in [0.1, 0.15) is 0 Å². The highest BCUT2D eigenvalue weighted by Crippen LogP contribution is 2.47. The highest BCUT2D eigenvalue weighted by Gasteiger charge is 2.21. The molecule has 0 N–H and O–H groups in total. The first-order valence-corrected chi connectivity index (χ1v) is 18.6. The van der Waals surface area contributed by atoms with Gasteiger partial charge in [0.05, 0.1) is 11.4 Å². The number of nitrogens with zero attached hydrogens (tertiary/aromatic N) is 1. The smallest absolute Gasteiger partial charge is 0.0540 e. The molecule has 244 valence electrons. The Balaban J connectivity index is 1.20. The van der Waals surface area contributed by atoms with Gasteiger partial charge in [-0.2, -0.15) is 0 Å². The van der Waals surface area contributed by atoms with Gasteiger partial charge in [-0.15, -0.1) is 11.3 Å². The maximum Gasteiger partial charge on any atom is 0.0540 e. The van der Waals surface area contributed by atoms with Crippen molar-refractivity contribution in [3.8, 4) is 33.4 Å². The molecule has 0 aliphatic heterocycles. The molecule has 0 atom stereocenters. The molecule has 0 fully saturated rings. The van der Waals surface area contributed by atoms with Gasteiger partial charge in [-0.1, -0.05) is 158 Å². The van der Waals surface area contributed by atoms with Crippen LogP contribution in [0.4, 0.5) is 17.1 Å². The molecule has 0 unspecified atom stereocenters. The van der Waals surface area contributed by atoms with E-state index in [2.05, 4.69) is 205 Å². The summed E-state index contributed by atoms with van der Waals surface area (Å²) in [6.07, 6.45) is 0. The summed E-state index contributed by atoms with van der Waals surface area (Å²) in [7, 11) is 0. The molecule has 2 heteroatoms. The molecule has 0 aliphatic carbocycles. The summed E-state index contributed by atoms with van der Waals surface area (Å²) < 4.78 is 2.63. The fraction of sp³-hybridized carbons (Fsp3) is 0. The Bertz CT molecular complexity index is 2890. The van der Waals surface area contributed by atoms with Gasteiger partial charge < -0.3 is 4.90 Å². The average molecular weight is 680 g/mol. The topological polar surface area (TPSA) is 3.24 Å². The van der Waals surface area contributed by atoms with Crippen molar-refractivity contribution in [2.75, 3.05) is 4.90 Å². The Morgan fingerprint density at radius 2 is 0.904 bits per heavy atom. The normalized spacial score (nSPS) is 11.5. The van der Waals surface area contributed by atoms with E-state index >= 15 is 0 Å². The third-order valence-corrected chi connectivity index (χ3v) is 11.4. The Labute approximate surface area is 307 Å². The standard InChI is InChI=1S/C50H33NS/c1-2-13-36(14-3-1)45-33-38(43-23-12-26-49-50(43)44-21-8-9-25-48(44)52-49)29-32-47(45)51(46-24-11-18-35-16-5-7-20-42(35)46)39-30-27-37(28-31-39)41-22-10-17-34-15-4-6-19-40(34)41/h1-33H. The van der Waals surface area contributed by atoms with E-state index in [0.717, 1.165) is 17.1 Å². The molecule has 0 bridgehead atoms. The predicted octanol–water partition coefficient (Wildman–Crippen LogP) is 14.8. The minimum Gasteiger partial charge on any atom is -0.309 e. The fourth-order valence-corrected chi connectivity index (χ4v) is 8.97. The number of hydrogen-bond acceptors (Lipinski definition) is 2. The van der Waals surface area contributed by atoms with Crippen LogP contribution in [0, 0.1) is 0 Å². The van der Waals surface area contributed by atoms with Crippen LogP contribution in [0.15, 0.2) is 200 Å². The third kappa shape index (κ3) is 5.16. The number of hydrogen-bond donors (Lipinski definition) is 0. The minimum atomic E-state index is 1.11. The molecule has 0 saturated carbocycles. The maximum atomic E-state index is 2.45. The first-order chi connectivity index (χ1) is 25.8. The van der Waals surface area contributed by atoms with Crippen LogP contribution in [0.3, 0.4) is 0 Å². The second kappa shape index (κ2) is 12.7. The monoisotopic (exact) mass is 679 g/mol. The van der Waals surface area contributed by atoms with Crippen molar-refractivity contribution in [2.45, 2.75) is 0 Å². The number of rotatable bonds is 6. The van der Waals surface area contributed by atoms with Gasteiger partial charge in [0.15, 0.2) is 0 Å². The summed E-state index contributed by atoms with van der Waals surface area (Å²) >= 11 is 1.87. The first kappa shape index (κ1) is 30.4. The van der Waals surface area contributed by atoms with Crippen molar-refractivity contribution < 1.29 is 0 Å². The summed E-state index contributed by atoms with van der Waals surface area (Å²) in [5.74, 6) is 0. The second-order valence-corrected chi connectivity index (χ2v) is 14.4. The van der Waals surface area contributed by atoms with Crippen molar-refractivity contribution in [3.05, 3.63) is 200 Å². The van der Waals surface area contributed by atoms with Crippen molar-refractivity contribution in [1.82, 2.24) is 0 Å². The van der Waals surface area contributed by atoms with Crippen LogP contribution in [0.25, 0.3) is 75.1 Å². The fourth-order valence-electron chi connectivity index (χ4n) is 7.84. The van der Waals surface area contributed by atoms with Gasteiger partial charge in [0.2, 0.25) is 0 Å². The SMILES string of the molecule is c1ccc(-c2cc(-c3cccc4sc5ccccc5c34)ccc2N(c2ccc(-c3cccc4ccccc34)cc2)c2cccc3ccccc23)cc1. The molecular formula is C50H33NS. The van der Waals surface area contributed by atoms with E-state index in [9.17, 15) is 0 Å². The van der Waals surface area contributed by atoms with Crippen LogP contribution in [-0.2, 0) is 0 Å². The molecule has 9 aromatic carbocycles. The molecule has 0 radical (unpaired) electrons. The zero-order valence-electron chi connectivity index (χ0n) is 28.4. The van der Waals surface area contributed by atoms with Crippen molar-refractivity contribution in [3.63, 3.8) is 0 Å². The number of thiophene rings is 1.